The first-order valence-electron chi connectivity index (χ1n) is 6.41. The molecule has 0 fully saturated rings. The van der Waals surface area contributed by atoms with Crippen LogP contribution in [-0.2, 0) is 22.5 Å². The number of benzene rings is 1. The van der Waals surface area contributed by atoms with Crippen LogP contribution in [0.25, 0.3) is 0 Å². The summed E-state index contributed by atoms with van der Waals surface area (Å²) in [4.78, 5) is 23.8. The maximum Gasteiger partial charge on any atom is 0.310 e. The highest BCUT2D eigenvalue weighted by Gasteiger charge is 2.12. The van der Waals surface area contributed by atoms with Gasteiger partial charge in [-0.2, -0.15) is 0 Å². The van der Waals surface area contributed by atoms with Gasteiger partial charge in [0.05, 0.1) is 20.1 Å². The molecule has 0 aliphatic carbocycles. The zero-order valence-corrected chi connectivity index (χ0v) is 11.6. The van der Waals surface area contributed by atoms with Crippen molar-refractivity contribution in [3.05, 3.63) is 69.6 Å². The molecule has 0 amide bonds. The lowest BCUT2D eigenvalue weighted by atomic mass is 10.1. The first kappa shape index (κ1) is 14.1. The third kappa shape index (κ3) is 3.15. The smallest absolute Gasteiger partial charge is 0.310 e. The minimum Gasteiger partial charge on any atom is -0.469 e. The Labute approximate surface area is 117 Å². The van der Waals surface area contributed by atoms with Gasteiger partial charge in [0.25, 0.3) is 5.56 Å². The van der Waals surface area contributed by atoms with Crippen LogP contribution in [0.3, 0.4) is 0 Å². The summed E-state index contributed by atoms with van der Waals surface area (Å²) in [6, 6.07) is 11.6. The second-order valence-electron chi connectivity index (χ2n) is 4.65. The van der Waals surface area contributed by atoms with Gasteiger partial charge in [-0.25, -0.2) is 0 Å². The quantitative estimate of drug-likeness (QED) is 0.798. The first-order valence-corrected chi connectivity index (χ1v) is 6.41. The molecule has 0 aliphatic rings. The van der Waals surface area contributed by atoms with Crippen molar-refractivity contribution in [3.8, 4) is 0 Å². The van der Waals surface area contributed by atoms with Gasteiger partial charge in [-0.15, -0.1) is 0 Å². The van der Waals surface area contributed by atoms with Gasteiger partial charge in [0.15, 0.2) is 0 Å². The highest BCUT2D eigenvalue weighted by Crippen LogP contribution is 2.06. The molecule has 1 aromatic heterocycles. The number of aromatic nitrogens is 1. The number of hydrogen-bond acceptors (Lipinski definition) is 3. The number of carbonyl (C=O) groups is 1. The van der Waals surface area contributed by atoms with Crippen LogP contribution in [0.1, 0.15) is 16.7 Å². The monoisotopic (exact) mass is 271 g/mol. The Bertz CT molecular complexity index is 659. The fourth-order valence-corrected chi connectivity index (χ4v) is 2.05. The second-order valence-corrected chi connectivity index (χ2v) is 4.65. The Balaban J connectivity index is 2.34. The summed E-state index contributed by atoms with van der Waals surface area (Å²) in [5.41, 5.74) is 2.21. The lowest BCUT2D eigenvalue weighted by Gasteiger charge is -2.10. The van der Waals surface area contributed by atoms with Crippen molar-refractivity contribution >= 4 is 5.97 Å². The molecular weight excluding hydrogens is 254 g/mol. The van der Waals surface area contributed by atoms with Crippen LogP contribution >= 0.6 is 0 Å². The number of aryl methyl sites for hydroxylation is 1. The molecular formula is C16H17NO3. The molecule has 0 unspecified atom stereocenters. The molecule has 2 aromatic rings. The molecule has 20 heavy (non-hydrogen) atoms. The van der Waals surface area contributed by atoms with E-state index in [9.17, 15) is 9.59 Å². The van der Waals surface area contributed by atoms with E-state index in [0.29, 0.717) is 12.1 Å². The average molecular weight is 271 g/mol. The van der Waals surface area contributed by atoms with Crippen molar-refractivity contribution in [1.82, 2.24) is 4.57 Å². The summed E-state index contributed by atoms with van der Waals surface area (Å²) in [5, 5.41) is 0. The normalized spacial score (nSPS) is 10.3. The molecule has 1 heterocycles. The van der Waals surface area contributed by atoms with Gasteiger partial charge in [0, 0.05) is 11.8 Å². The number of nitrogens with zero attached hydrogens (tertiary/aromatic N) is 1. The number of rotatable bonds is 4. The van der Waals surface area contributed by atoms with Crippen molar-refractivity contribution in [2.75, 3.05) is 7.11 Å². The Morgan fingerprint density at radius 3 is 2.55 bits per heavy atom. The molecule has 0 bridgehead atoms. The van der Waals surface area contributed by atoms with E-state index in [2.05, 4.69) is 4.74 Å². The Morgan fingerprint density at radius 1 is 1.20 bits per heavy atom. The standard InChI is InChI=1S/C16H17NO3/c1-12-8-9-17(11-13-6-4-3-5-7-13)16(19)14(12)10-15(18)20-2/h3-9H,10-11H2,1-2H3. The topological polar surface area (TPSA) is 48.3 Å². The van der Waals surface area contributed by atoms with E-state index in [4.69, 9.17) is 0 Å². The van der Waals surface area contributed by atoms with Crippen molar-refractivity contribution in [1.29, 1.82) is 0 Å². The SMILES string of the molecule is COC(=O)Cc1c(C)ccn(Cc2ccccc2)c1=O. The highest BCUT2D eigenvalue weighted by molar-refractivity contribution is 5.72. The van der Waals surface area contributed by atoms with Crippen LogP contribution in [0.2, 0.25) is 0 Å². The molecule has 0 aliphatic heterocycles. The Hall–Kier alpha value is -2.36. The highest BCUT2D eigenvalue weighted by atomic mass is 16.5. The maximum absolute atomic E-state index is 12.4. The predicted octanol–water partition coefficient (Wildman–Crippen LogP) is 1.92. The van der Waals surface area contributed by atoms with Gasteiger partial charge in [-0.3, -0.25) is 9.59 Å². The van der Waals surface area contributed by atoms with E-state index in [1.807, 2.05) is 43.3 Å². The summed E-state index contributed by atoms with van der Waals surface area (Å²) in [6.45, 7) is 2.32. The van der Waals surface area contributed by atoms with Gasteiger partial charge in [0.1, 0.15) is 0 Å². The Morgan fingerprint density at radius 2 is 1.90 bits per heavy atom. The number of methoxy groups -OCH3 is 1. The van der Waals surface area contributed by atoms with E-state index < -0.39 is 5.97 Å². The van der Waals surface area contributed by atoms with Crippen LogP contribution < -0.4 is 5.56 Å². The van der Waals surface area contributed by atoms with Crippen molar-refractivity contribution in [2.45, 2.75) is 19.9 Å². The molecule has 4 nitrogen and oxygen atoms in total. The molecule has 1 aromatic carbocycles. The lowest BCUT2D eigenvalue weighted by Crippen LogP contribution is -2.26. The summed E-state index contributed by atoms with van der Waals surface area (Å²) < 4.78 is 6.25. The lowest BCUT2D eigenvalue weighted by molar-refractivity contribution is -0.139. The van der Waals surface area contributed by atoms with Gasteiger partial charge in [0.2, 0.25) is 0 Å². The van der Waals surface area contributed by atoms with Gasteiger partial charge < -0.3 is 9.30 Å². The molecule has 0 N–H and O–H groups in total. The molecule has 0 radical (unpaired) electrons. The van der Waals surface area contributed by atoms with Crippen molar-refractivity contribution < 1.29 is 9.53 Å². The number of ether oxygens (including phenoxy) is 1. The summed E-state index contributed by atoms with van der Waals surface area (Å²) >= 11 is 0. The second kappa shape index (κ2) is 6.19. The van der Waals surface area contributed by atoms with E-state index in [1.54, 1.807) is 10.8 Å². The fourth-order valence-electron chi connectivity index (χ4n) is 2.05. The van der Waals surface area contributed by atoms with Gasteiger partial charge in [-0.05, 0) is 24.1 Å². The average Bonchev–Trinajstić information content (AvgIpc) is 2.47. The number of esters is 1. The van der Waals surface area contributed by atoms with Crippen LogP contribution in [0.4, 0.5) is 0 Å². The minimum absolute atomic E-state index is 0.0107. The molecule has 4 heteroatoms. The Kier molecular flexibility index (Phi) is 4.35. The third-order valence-corrected chi connectivity index (χ3v) is 3.24. The number of hydrogen-bond donors (Lipinski definition) is 0. The van der Waals surface area contributed by atoms with Gasteiger partial charge >= 0.3 is 5.97 Å². The largest absolute Gasteiger partial charge is 0.469 e. The minimum atomic E-state index is -0.400. The van der Waals surface area contributed by atoms with Crippen LogP contribution in [-0.4, -0.2) is 17.6 Å². The molecule has 0 saturated heterocycles. The zero-order chi connectivity index (χ0) is 14.5. The van der Waals surface area contributed by atoms with Gasteiger partial charge in [-0.1, -0.05) is 30.3 Å². The number of pyridine rings is 1. The molecule has 0 spiro atoms. The first-order chi connectivity index (χ1) is 9.61. The zero-order valence-electron chi connectivity index (χ0n) is 11.6. The molecule has 2 rings (SSSR count). The van der Waals surface area contributed by atoms with E-state index >= 15 is 0 Å². The van der Waals surface area contributed by atoms with E-state index in [-0.39, 0.29) is 12.0 Å². The summed E-state index contributed by atoms with van der Waals surface area (Å²) in [5.74, 6) is -0.400. The number of carbonyl (C=O) groups excluding carboxylic acids is 1. The van der Waals surface area contributed by atoms with E-state index in [1.165, 1.54) is 7.11 Å². The summed E-state index contributed by atoms with van der Waals surface area (Å²) in [7, 11) is 1.32. The molecule has 0 saturated carbocycles. The van der Waals surface area contributed by atoms with Crippen LogP contribution in [0, 0.1) is 6.92 Å². The summed E-state index contributed by atoms with van der Waals surface area (Å²) in [6.07, 6.45) is 1.77. The third-order valence-electron chi connectivity index (χ3n) is 3.24. The predicted molar refractivity (Wildman–Crippen MR) is 76.7 cm³/mol. The maximum atomic E-state index is 12.4. The van der Waals surface area contributed by atoms with Crippen LogP contribution in [0.15, 0.2) is 47.4 Å². The van der Waals surface area contributed by atoms with Crippen molar-refractivity contribution in [3.63, 3.8) is 0 Å². The fraction of sp³-hybridized carbons (Fsp3) is 0.250. The van der Waals surface area contributed by atoms with E-state index in [0.717, 1.165) is 11.1 Å². The molecule has 104 valence electrons. The van der Waals surface area contributed by atoms with Crippen LogP contribution in [0.5, 0.6) is 0 Å². The molecule has 0 atom stereocenters. The van der Waals surface area contributed by atoms with Crippen molar-refractivity contribution in [2.24, 2.45) is 0 Å².